The number of phenolic OH excluding ortho intramolecular Hbond substituents is 1. The molecule has 13 heavy (non-hydrogen) atoms. The van der Waals surface area contributed by atoms with Crippen LogP contribution in [-0.2, 0) is 0 Å². The molecule has 0 heterocycles. The molecule has 0 unspecified atom stereocenters. The highest BCUT2D eigenvalue weighted by Crippen LogP contribution is 2.34. The van der Waals surface area contributed by atoms with Gasteiger partial charge in [0.15, 0.2) is 11.6 Å². The first kappa shape index (κ1) is 9.73. The molecule has 0 radical (unpaired) electrons. The van der Waals surface area contributed by atoms with Crippen LogP contribution in [0.15, 0.2) is 6.07 Å². The molecule has 0 bridgehead atoms. The molecular formula is C7H5ClFNO3. The van der Waals surface area contributed by atoms with E-state index in [-0.39, 0.29) is 10.6 Å². The lowest BCUT2D eigenvalue weighted by molar-refractivity contribution is -0.385. The molecule has 0 aromatic heterocycles. The zero-order valence-electron chi connectivity index (χ0n) is 6.54. The largest absolute Gasteiger partial charge is 0.504 e. The predicted octanol–water partition coefficient (Wildman–Crippen LogP) is 2.40. The van der Waals surface area contributed by atoms with Gasteiger partial charge in [0.2, 0.25) is 0 Å². The average molecular weight is 206 g/mol. The highest BCUT2D eigenvalue weighted by atomic mass is 35.5. The normalized spacial score (nSPS) is 10.1. The third kappa shape index (κ3) is 1.55. The molecule has 4 nitrogen and oxygen atoms in total. The summed E-state index contributed by atoms with van der Waals surface area (Å²) in [5, 5.41) is 18.9. The lowest BCUT2D eigenvalue weighted by Crippen LogP contribution is -1.95. The number of hydrogen-bond donors (Lipinski definition) is 1. The van der Waals surface area contributed by atoms with Crippen LogP contribution in [0.5, 0.6) is 5.75 Å². The minimum absolute atomic E-state index is 0.230. The molecule has 0 spiro atoms. The summed E-state index contributed by atoms with van der Waals surface area (Å²) in [5.41, 5.74) is -0.674. The Bertz CT molecular complexity index is 380. The van der Waals surface area contributed by atoms with Gasteiger partial charge in [0.25, 0.3) is 5.69 Å². The number of nitro groups is 1. The Kier molecular flexibility index (Phi) is 2.38. The van der Waals surface area contributed by atoms with Gasteiger partial charge < -0.3 is 5.11 Å². The monoisotopic (exact) mass is 205 g/mol. The molecule has 0 aliphatic rings. The van der Waals surface area contributed by atoms with E-state index in [1.54, 1.807) is 0 Å². The Hall–Kier alpha value is -1.36. The van der Waals surface area contributed by atoms with Crippen molar-refractivity contribution in [2.45, 2.75) is 6.92 Å². The first-order valence-corrected chi connectivity index (χ1v) is 3.65. The molecule has 1 aromatic carbocycles. The maximum atomic E-state index is 13.0. The summed E-state index contributed by atoms with van der Waals surface area (Å²) in [6, 6.07) is 0.912. The van der Waals surface area contributed by atoms with Crippen molar-refractivity contribution in [2.75, 3.05) is 0 Å². The first-order valence-electron chi connectivity index (χ1n) is 3.27. The Morgan fingerprint density at radius 1 is 1.69 bits per heavy atom. The first-order chi connectivity index (χ1) is 5.95. The summed E-state index contributed by atoms with van der Waals surface area (Å²) in [6.07, 6.45) is 0. The molecule has 1 aromatic rings. The van der Waals surface area contributed by atoms with Crippen LogP contribution in [0.3, 0.4) is 0 Å². The van der Waals surface area contributed by atoms with Gasteiger partial charge in [-0.15, -0.1) is 0 Å². The van der Waals surface area contributed by atoms with Crippen LogP contribution in [0.2, 0.25) is 5.02 Å². The number of nitro benzene ring substituents is 1. The van der Waals surface area contributed by atoms with E-state index >= 15 is 0 Å². The number of hydrogen-bond acceptors (Lipinski definition) is 3. The molecule has 0 saturated heterocycles. The molecule has 0 atom stereocenters. The summed E-state index contributed by atoms with van der Waals surface area (Å²) in [5.74, 6) is -1.82. The van der Waals surface area contributed by atoms with E-state index in [1.165, 1.54) is 6.92 Å². The zero-order chi connectivity index (χ0) is 10.2. The minimum atomic E-state index is -1.06. The minimum Gasteiger partial charge on any atom is -0.504 e. The van der Waals surface area contributed by atoms with Gasteiger partial charge >= 0.3 is 0 Å². The van der Waals surface area contributed by atoms with E-state index in [2.05, 4.69) is 0 Å². The van der Waals surface area contributed by atoms with Crippen LogP contribution in [0.25, 0.3) is 0 Å². The Morgan fingerprint density at radius 2 is 2.23 bits per heavy atom. The van der Waals surface area contributed by atoms with Crippen LogP contribution in [0.1, 0.15) is 5.56 Å². The van der Waals surface area contributed by atoms with E-state index in [9.17, 15) is 14.5 Å². The van der Waals surface area contributed by atoms with Gasteiger partial charge in [-0.1, -0.05) is 11.6 Å². The number of phenols is 1. The third-order valence-electron chi connectivity index (χ3n) is 1.61. The SMILES string of the molecule is Cc1c([N+](=O)[O-])cc(Cl)c(O)c1F. The molecule has 1 rings (SSSR count). The van der Waals surface area contributed by atoms with Crippen molar-refractivity contribution in [3.05, 3.63) is 32.6 Å². The van der Waals surface area contributed by atoms with Gasteiger partial charge in [0.1, 0.15) is 0 Å². The molecule has 6 heteroatoms. The fourth-order valence-corrected chi connectivity index (χ4v) is 1.07. The fourth-order valence-electron chi connectivity index (χ4n) is 0.881. The maximum Gasteiger partial charge on any atom is 0.277 e. The molecule has 0 amide bonds. The van der Waals surface area contributed by atoms with E-state index in [4.69, 9.17) is 16.7 Å². The van der Waals surface area contributed by atoms with Gasteiger partial charge in [-0.2, -0.15) is 0 Å². The van der Waals surface area contributed by atoms with E-state index in [1.807, 2.05) is 0 Å². The molecule has 0 fully saturated rings. The van der Waals surface area contributed by atoms with Crippen LogP contribution >= 0.6 is 11.6 Å². The highest BCUT2D eigenvalue weighted by Gasteiger charge is 2.20. The van der Waals surface area contributed by atoms with E-state index < -0.39 is 22.2 Å². The molecule has 0 saturated carbocycles. The highest BCUT2D eigenvalue weighted by molar-refractivity contribution is 6.32. The summed E-state index contributed by atoms with van der Waals surface area (Å²) in [7, 11) is 0. The Morgan fingerprint density at radius 3 is 2.69 bits per heavy atom. The van der Waals surface area contributed by atoms with Gasteiger partial charge in [-0.3, -0.25) is 10.1 Å². The quantitative estimate of drug-likeness (QED) is 0.566. The van der Waals surface area contributed by atoms with Crippen molar-refractivity contribution in [1.29, 1.82) is 0 Å². The lowest BCUT2D eigenvalue weighted by Gasteiger charge is -2.02. The standard InChI is InChI=1S/C7H5ClFNO3/c1-3-5(10(12)13)2-4(8)7(11)6(3)9/h2,11H,1H3. The predicted molar refractivity (Wildman–Crippen MR) is 44.5 cm³/mol. The van der Waals surface area contributed by atoms with Crippen LogP contribution < -0.4 is 0 Å². The molecule has 70 valence electrons. The van der Waals surface area contributed by atoms with Crippen molar-refractivity contribution in [2.24, 2.45) is 0 Å². The summed E-state index contributed by atoms with van der Waals surface area (Å²) in [6.45, 7) is 1.20. The Labute approximate surface area is 77.7 Å². The van der Waals surface area contributed by atoms with Crippen molar-refractivity contribution >= 4 is 17.3 Å². The molecule has 0 aliphatic carbocycles. The average Bonchev–Trinajstić information content (AvgIpc) is 2.07. The van der Waals surface area contributed by atoms with Gasteiger partial charge in [0, 0.05) is 6.07 Å². The van der Waals surface area contributed by atoms with Crippen LogP contribution in [0.4, 0.5) is 10.1 Å². The van der Waals surface area contributed by atoms with Gasteiger partial charge in [-0.05, 0) is 6.92 Å². The van der Waals surface area contributed by atoms with Crippen molar-refractivity contribution in [3.8, 4) is 5.75 Å². The van der Waals surface area contributed by atoms with Crippen LogP contribution in [0, 0.1) is 22.9 Å². The summed E-state index contributed by atoms with van der Waals surface area (Å²) >= 11 is 5.34. The number of benzene rings is 1. The smallest absolute Gasteiger partial charge is 0.277 e. The number of halogens is 2. The van der Waals surface area contributed by atoms with Crippen molar-refractivity contribution in [3.63, 3.8) is 0 Å². The third-order valence-corrected chi connectivity index (χ3v) is 1.90. The summed E-state index contributed by atoms with van der Waals surface area (Å²) < 4.78 is 13.0. The molecule has 1 N–H and O–H groups in total. The van der Waals surface area contributed by atoms with Gasteiger partial charge in [-0.25, -0.2) is 4.39 Å². The van der Waals surface area contributed by atoms with Crippen molar-refractivity contribution < 1.29 is 14.4 Å². The topological polar surface area (TPSA) is 63.4 Å². The maximum absolute atomic E-state index is 13.0. The number of rotatable bonds is 1. The fraction of sp³-hybridized carbons (Fsp3) is 0.143. The molecular weight excluding hydrogens is 201 g/mol. The number of aromatic hydroxyl groups is 1. The molecule has 0 aliphatic heterocycles. The second-order valence-corrected chi connectivity index (χ2v) is 2.83. The Balaban J connectivity index is 3.50. The van der Waals surface area contributed by atoms with Gasteiger partial charge in [0.05, 0.1) is 15.5 Å². The zero-order valence-corrected chi connectivity index (χ0v) is 7.30. The van der Waals surface area contributed by atoms with Crippen LogP contribution in [-0.4, -0.2) is 10.0 Å². The van der Waals surface area contributed by atoms with E-state index in [0.717, 1.165) is 6.07 Å². The van der Waals surface area contributed by atoms with E-state index in [0.29, 0.717) is 0 Å². The number of nitrogens with zero attached hydrogens (tertiary/aromatic N) is 1. The summed E-state index contributed by atoms with van der Waals surface area (Å²) in [4.78, 5) is 9.58. The lowest BCUT2D eigenvalue weighted by atomic mass is 10.2. The second kappa shape index (κ2) is 3.18. The second-order valence-electron chi connectivity index (χ2n) is 2.42. The van der Waals surface area contributed by atoms with Crippen molar-refractivity contribution in [1.82, 2.24) is 0 Å².